The summed E-state index contributed by atoms with van der Waals surface area (Å²) < 4.78 is 0. The Bertz CT molecular complexity index is 828. The number of anilines is 1. The fraction of sp³-hybridized carbons (Fsp3) is 0.348. The van der Waals surface area contributed by atoms with E-state index in [9.17, 15) is 14.4 Å². The first-order valence-corrected chi connectivity index (χ1v) is 9.63. The van der Waals surface area contributed by atoms with Crippen LogP contribution in [0.4, 0.5) is 5.69 Å². The molecule has 0 heterocycles. The third-order valence-corrected chi connectivity index (χ3v) is 4.54. The van der Waals surface area contributed by atoms with Gasteiger partial charge in [-0.25, -0.2) is 0 Å². The van der Waals surface area contributed by atoms with Crippen molar-refractivity contribution >= 4 is 23.3 Å². The van der Waals surface area contributed by atoms with Crippen LogP contribution in [0.2, 0.25) is 0 Å². The number of Topliss-reactive ketones (excluding diaryl/α,β-unsaturated/α-hetero) is 1. The van der Waals surface area contributed by atoms with Crippen LogP contribution in [0.3, 0.4) is 0 Å². The quantitative estimate of drug-likeness (QED) is 0.665. The van der Waals surface area contributed by atoms with E-state index in [-0.39, 0.29) is 37.0 Å². The van der Waals surface area contributed by atoms with Gasteiger partial charge in [-0.3, -0.25) is 14.4 Å². The summed E-state index contributed by atoms with van der Waals surface area (Å²) in [7, 11) is 0. The third-order valence-electron chi connectivity index (χ3n) is 4.54. The van der Waals surface area contributed by atoms with Crippen molar-refractivity contribution in [1.29, 1.82) is 0 Å². The van der Waals surface area contributed by atoms with Crippen LogP contribution in [-0.2, 0) is 9.59 Å². The largest absolute Gasteiger partial charge is 0.333 e. The summed E-state index contributed by atoms with van der Waals surface area (Å²) in [5.74, 6) is -0.475. The second-order valence-electron chi connectivity index (χ2n) is 6.97. The van der Waals surface area contributed by atoms with Gasteiger partial charge in [0.25, 0.3) is 0 Å². The van der Waals surface area contributed by atoms with E-state index in [0.29, 0.717) is 12.1 Å². The average Bonchev–Trinajstić information content (AvgIpc) is 2.68. The van der Waals surface area contributed by atoms with Gasteiger partial charge in [-0.2, -0.15) is 0 Å². The zero-order valence-corrected chi connectivity index (χ0v) is 16.8. The molecule has 2 aromatic carbocycles. The van der Waals surface area contributed by atoms with E-state index < -0.39 is 0 Å². The van der Waals surface area contributed by atoms with Crippen LogP contribution in [-0.4, -0.2) is 35.6 Å². The second kappa shape index (κ2) is 10.4. The molecule has 0 saturated heterocycles. The van der Waals surface area contributed by atoms with Crippen molar-refractivity contribution < 1.29 is 14.4 Å². The first-order valence-electron chi connectivity index (χ1n) is 9.63. The highest BCUT2D eigenvalue weighted by molar-refractivity contribution is 5.99. The van der Waals surface area contributed by atoms with E-state index in [4.69, 9.17) is 0 Å². The van der Waals surface area contributed by atoms with Crippen LogP contribution in [0, 0.1) is 13.8 Å². The van der Waals surface area contributed by atoms with Crippen molar-refractivity contribution in [3.63, 3.8) is 0 Å². The monoisotopic (exact) mass is 380 g/mol. The first-order chi connectivity index (χ1) is 13.4. The Morgan fingerprint density at radius 2 is 1.61 bits per heavy atom. The average molecular weight is 380 g/mol. The van der Waals surface area contributed by atoms with Gasteiger partial charge in [0.2, 0.25) is 11.8 Å². The summed E-state index contributed by atoms with van der Waals surface area (Å²) in [6.45, 7) is 6.30. The molecule has 148 valence electrons. The van der Waals surface area contributed by atoms with Gasteiger partial charge in [0, 0.05) is 30.6 Å². The number of ketones is 1. The molecule has 28 heavy (non-hydrogen) atoms. The maximum atomic E-state index is 12.6. The van der Waals surface area contributed by atoms with Crippen molar-refractivity contribution in [1.82, 2.24) is 4.90 Å². The maximum absolute atomic E-state index is 12.6. The molecular weight excluding hydrogens is 352 g/mol. The Balaban J connectivity index is 1.91. The standard InChI is InChI=1S/C23H28N2O3/c1-4-15-25(16-22(27)24-20-8-6-5-7-18(20)3)23(28)14-13-21(26)19-11-9-17(2)10-12-19/h5-12H,4,13-16H2,1-3H3,(H,24,27). The minimum Gasteiger partial charge on any atom is -0.333 e. The van der Waals surface area contributed by atoms with E-state index >= 15 is 0 Å². The third kappa shape index (κ3) is 6.34. The van der Waals surface area contributed by atoms with Crippen LogP contribution in [0.1, 0.15) is 47.7 Å². The number of rotatable bonds is 9. The summed E-state index contributed by atoms with van der Waals surface area (Å²) in [4.78, 5) is 38.8. The van der Waals surface area contributed by atoms with Gasteiger partial charge in [0.1, 0.15) is 0 Å². The van der Waals surface area contributed by atoms with Crippen LogP contribution >= 0.6 is 0 Å². The molecule has 0 aliphatic rings. The topological polar surface area (TPSA) is 66.5 Å². The van der Waals surface area contributed by atoms with Crippen LogP contribution in [0.5, 0.6) is 0 Å². The zero-order valence-electron chi connectivity index (χ0n) is 16.8. The van der Waals surface area contributed by atoms with Gasteiger partial charge in [-0.05, 0) is 31.9 Å². The van der Waals surface area contributed by atoms with Gasteiger partial charge in [0.15, 0.2) is 5.78 Å². The molecule has 0 aromatic heterocycles. The number of carbonyl (C=O) groups excluding carboxylic acids is 3. The summed E-state index contributed by atoms with van der Waals surface area (Å²) >= 11 is 0. The number of carbonyl (C=O) groups is 3. The van der Waals surface area contributed by atoms with E-state index in [2.05, 4.69) is 5.32 Å². The number of aryl methyl sites for hydroxylation is 2. The summed E-state index contributed by atoms with van der Waals surface area (Å²) in [5, 5.41) is 2.85. The number of nitrogens with one attached hydrogen (secondary N) is 1. The molecular formula is C23H28N2O3. The summed E-state index contributed by atoms with van der Waals surface area (Å²) in [6.07, 6.45) is 0.987. The van der Waals surface area contributed by atoms with Crippen molar-refractivity contribution in [2.45, 2.75) is 40.0 Å². The van der Waals surface area contributed by atoms with Crippen LogP contribution in [0.15, 0.2) is 48.5 Å². The smallest absolute Gasteiger partial charge is 0.244 e. The molecule has 1 N–H and O–H groups in total. The van der Waals surface area contributed by atoms with E-state index in [1.54, 1.807) is 12.1 Å². The summed E-state index contributed by atoms with van der Waals surface area (Å²) in [6, 6.07) is 14.8. The number of hydrogen-bond donors (Lipinski definition) is 1. The highest BCUT2D eigenvalue weighted by atomic mass is 16.2. The van der Waals surface area contributed by atoms with Gasteiger partial charge in [-0.15, -0.1) is 0 Å². The highest BCUT2D eigenvalue weighted by Crippen LogP contribution is 2.13. The predicted molar refractivity (Wildman–Crippen MR) is 111 cm³/mol. The Hall–Kier alpha value is -2.95. The number of hydrogen-bond acceptors (Lipinski definition) is 3. The van der Waals surface area contributed by atoms with Gasteiger partial charge < -0.3 is 10.2 Å². The van der Waals surface area contributed by atoms with Crippen molar-refractivity contribution in [3.8, 4) is 0 Å². The fourth-order valence-corrected chi connectivity index (χ4v) is 2.90. The molecule has 5 heteroatoms. The zero-order chi connectivity index (χ0) is 20.5. The number of nitrogens with zero attached hydrogens (tertiary/aromatic N) is 1. The first kappa shape index (κ1) is 21.4. The number of amides is 2. The lowest BCUT2D eigenvalue weighted by Crippen LogP contribution is -2.38. The Morgan fingerprint density at radius 3 is 2.25 bits per heavy atom. The predicted octanol–water partition coefficient (Wildman–Crippen LogP) is 4.14. The SMILES string of the molecule is CCCN(CC(=O)Nc1ccccc1C)C(=O)CCC(=O)c1ccc(C)cc1. The molecule has 0 bridgehead atoms. The van der Waals surface area contributed by atoms with Gasteiger partial charge in [-0.1, -0.05) is 55.0 Å². The Morgan fingerprint density at radius 1 is 0.929 bits per heavy atom. The normalized spacial score (nSPS) is 10.4. The molecule has 2 rings (SSSR count). The molecule has 0 aliphatic heterocycles. The number of benzene rings is 2. The van der Waals surface area contributed by atoms with Gasteiger partial charge in [0.05, 0.1) is 6.54 Å². The lowest BCUT2D eigenvalue weighted by molar-refractivity contribution is -0.134. The fourth-order valence-electron chi connectivity index (χ4n) is 2.90. The molecule has 0 saturated carbocycles. The van der Waals surface area contributed by atoms with E-state index in [1.807, 2.05) is 57.2 Å². The molecule has 0 atom stereocenters. The second-order valence-corrected chi connectivity index (χ2v) is 6.97. The van der Waals surface area contributed by atoms with E-state index in [0.717, 1.165) is 23.2 Å². The molecule has 5 nitrogen and oxygen atoms in total. The molecule has 2 amide bonds. The highest BCUT2D eigenvalue weighted by Gasteiger charge is 2.18. The minimum atomic E-state index is -0.235. The Kier molecular flexibility index (Phi) is 7.93. The molecule has 0 aliphatic carbocycles. The van der Waals surface area contributed by atoms with Crippen molar-refractivity contribution in [2.75, 3.05) is 18.4 Å². The molecule has 0 radical (unpaired) electrons. The summed E-state index contributed by atoms with van der Waals surface area (Å²) in [5.41, 5.74) is 3.40. The van der Waals surface area contributed by atoms with Crippen LogP contribution < -0.4 is 5.32 Å². The molecule has 2 aromatic rings. The van der Waals surface area contributed by atoms with Crippen molar-refractivity contribution in [2.24, 2.45) is 0 Å². The maximum Gasteiger partial charge on any atom is 0.244 e. The lowest BCUT2D eigenvalue weighted by atomic mass is 10.0. The molecule has 0 fully saturated rings. The van der Waals surface area contributed by atoms with Crippen molar-refractivity contribution in [3.05, 3.63) is 65.2 Å². The molecule has 0 spiro atoms. The van der Waals surface area contributed by atoms with Gasteiger partial charge >= 0.3 is 0 Å². The molecule has 0 unspecified atom stereocenters. The number of para-hydroxylation sites is 1. The minimum absolute atomic E-state index is 0.0142. The lowest BCUT2D eigenvalue weighted by Gasteiger charge is -2.22. The van der Waals surface area contributed by atoms with Crippen LogP contribution in [0.25, 0.3) is 0 Å². The van der Waals surface area contributed by atoms with E-state index in [1.165, 1.54) is 4.90 Å². The Labute approximate surface area is 166 Å².